The maximum atomic E-state index is 11.0. The number of rotatable bonds is 5. The molecule has 0 heterocycles. The molecule has 0 amide bonds. The number of ether oxygens (including phenoxy) is 1. The Labute approximate surface area is 127 Å². The fourth-order valence-corrected chi connectivity index (χ4v) is 2.08. The fraction of sp³-hybridized carbons (Fsp3) is 0.200. The van der Waals surface area contributed by atoms with Crippen molar-refractivity contribution in [1.82, 2.24) is 0 Å². The van der Waals surface area contributed by atoms with Crippen molar-refractivity contribution in [1.29, 1.82) is 0 Å². The highest BCUT2D eigenvalue weighted by molar-refractivity contribution is 6.32. The van der Waals surface area contributed by atoms with Crippen LogP contribution in [0.5, 0.6) is 5.75 Å². The van der Waals surface area contributed by atoms with Crippen molar-refractivity contribution in [2.75, 3.05) is 12.4 Å². The molecule has 0 saturated heterocycles. The number of halogens is 1. The molecule has 0 aromatic heterocycles. The minimum atomic E-state index is -0.422. The van der Waals surface area contributed by atoms with E-state index >= 15 is 0 Å². The monoisotopic (exact) mass is 306 g/mol. The first-order valence-corrected chi connectivity index (χ1v) is 6.73. The third-order valence-corrected chi connectivity index (χ3v) is 3.32. The molecule has 0 unspecified atom stereocenters. The summed E-state index contributed by atoms with van der Waals surface area (Å²) in [6, 6.07) is 10.4. The molecule has 0 bridgehead atoms. The van der Waals surface area contributed by atoms with Crippen LogP contribution in [0.4, 0.5) is 11.4 Å². The fourth-order valence-electron chi connectivity index (χ4n) is 1.91. The van der Waals surface area contributed by atoms with Gasteiger partial charge in [-0.3, -0.25) is 10.1 Å². The summed E-state index contributed by atoms with van der Waals surface area (Å²) < 4.78 is 5.64. The molecule has 2 aromatic carbocycles. The largest absolute Gasteiger partial charge is 0.487 e. The van der Waals surface area contributed by atoms with Crippen LogP contribution in [0.3, 0.4) is 0 Å². The Bertz CT molecular complexity index is 674. The minimum Gasteiger partial charge on any atom is -0.487 e. The molecule has 0 saturated carbocycles. The Morgan fingerprint density at radius 1 is 1.29 bits per heavy atom. The third kappa shape index (κ3) is 3.64. The molecular formula is C15H15ClN2O3. The summed E-state index contributed by atoms with van der Waals surface area (Å²) in [7, 11) is 1.64. The molecule has 2 aromatic rings. The van der Waals surface area contributed by atoms with E-state index in [2.05, 4.69) is 5.32 Å². The van der Waals surface area contributed by atoms with Gasteiger partial charge in [0.25, 0.3) is 5.69 Å². The number of nitrogens with zero attached hydrogens (tertiary/aromatic N) is 1. The van der Waals surface area contributed by atoms with Gasteiger partial charge in [0.15, 0.2) is 0 Å². The number of anilines is 1. The van der Waals surface area contributed by atoms with Gasteiger partial charge >= 0.3 is 0 Å². The summed E-state index contributed by atoms with van der Waals surface area (Å²) in [6.07, 6.45) is 0. The Morgan fingerprint density at radius 2 is 2.05 bits per heavy atom. The van der Waals surface area contributed by atoms with Crippen molar-refractivity contribution < 1.29 is 9.66 Å². The molecule has 1 N–H and O–H groups in total. The standard InChI is InChI=1S/C15H15ClN2O3/c1-10-3-5-12(16)15(7-10)21-9-11-4-6-13(17-2)14(8-11)18(19)20/h3-8,17H,9H2,1-2H3. The molecule has 2 rings (SSSR count). The molecular weight excluding hydrogens is 292 g/mol. The van der Waals surface area contributed by atoms with Crippen LogP contribution < -0.4 is 10.1 Å². The Kier molecular flexibility index (Phi) is 4.65. The number of nitro groups is 1. The third-order valence-electron chi connectivity index (χ3n) is 3.01. The van der Waals surface area contributed by atoms with Gasteiger partial charge in [-0.1, -0.05) is 23.7 Å². The summed E-state index contributed by atoms with van der Waals surface area (Å²) in [6.45, 7) is 2.16. The summed E-state index contributed by atoms with van der Waals surface area (Å²) in [4.78, 5) is 10.6. The molecule has 0 fully saturated rings. The maximum Gasteiger partial charge on any atom is 0.292 e. The molecule has 0 radical (unpaired) electrons. The van der Waals surface area contributed by atoms with Gasteiger partial charge < -0.3 is 10.1 Å². The van der Waals surface area contributed by atoms with E-state index < -0.39 is 4.92 Å². The lowest BCUT2D eigenvalue weighted by atomic mass is 10.2. The van der Waals surface area contributed by atoms with Gasteiger partial charge in [0.1, 0.15) is 18.0 Å². The van der Waals surface area contributed by atoms with Gasteiger partial charge in [0.05, 0.1) is 9.95 Å². The summed E-state index contributed by atoms with van der Waals surface area (Å²) in [5.74, 6) is 0.567. The van der Waals surface area contributed by atoms with Gasteiger partial charge in [0, 0.05) is 13.1 Å². The van der Waals surface area contributed by atoms with E-state index in [0.717, 1.165) is 5.56 Å². The second kappa shape index (κ2) is 6.45. The number of hydrogen-bond acceptors (Lipinski definition) is 4. The normalized spacial score (nSPS) is 10.2. The van der Waals surface area contributed by atoms with Crippen LogP contribution in [0.1, 0.15) is 11.1 Å². The zero-order chi connectivity index (χ0) is 15.4. The predicted octanol–water partition coefficient (Wildman–Crippen LogP) is 4.18. The van der Waals surface area contributed by atoms with Crippen LogP contribution >= 0.6 is 11.6 Å². The molecule has 110 valence electrons. The van der Waals surface area contributed by atoms with Gasteiger partial charge in [0.2, 0.25) is 0 Å². The van der Waals surface area contributed by atoms with Crippen molar-refractivity contribution in [3.8, 4) is 5.75 Å². The zero-order valence-electron chi connectivity index (χ0n) is 11.7. The van der Waals surface area contributed by atoms with Crippen molar-refractivity contribution in [2.24, 2.45) is 0 Å². The van der Waals surface area contributed by atoms with E-state index in [1.165, 1.54) is 6.07 Å². The number of aryl methyl sites for hydroxylation is 1. The first-order chi connectivity index (χ1) is 10.0. The zero-order valence-corrected chi connectivity index (χ0v) is 12.5. The van der Waals surface area contributed by atoms with Gasteiger partial charge in [-0.2, -0.15) is 0 Å². The topological polar surface area (TPSA) is 64.4 Å². The first kappa shape index (κ1) is 15.1. The lowest BCUT2D eigenvalue weighted by Gasteiger charge is -2.10. The Morgan fingerprint density at radius 3 is 2.71 bits per heavy atom. The van der Waals surface area contributed by atoms with E-state index in [1.54, 1.807) is 25.2 Å². The Balaban J connectivity index is 2.18. The van der Waals surface area contributed by atoms with E-state index in [9.17, 15) is 10.1 Å². The summed E-state index contributed by atoms with van der Waals surface area (Å²) in [5, 5.41) is 14.3. The molecule has 0 spiro atoms. The number of nitro benzene ring substituents is 1. The van der Waals surface area contributed by atoms with E-state index in [4.69, 9.17) is 16.3 Å². The van der Waals surface area contributed by atoms with Gasteiger partial charge in [-0.25, -0.2) is 0 Å². The average Bonchev–Trinajstić information content (AvgIpc) is 2.47. The van der Waals surface area contributed by atoms with E-state index in [-0.39, 0.29) is 12.3 Å². The van der Waals surface area contributed by atoms with Crippen molar-refractivity contribution in [3.05, 3.63) is 62.7 Å². The number of benzene rings is 2. The lowest BCUT2D eigenvalue weighted by Crippen LogP contribution is -2.00. The Hall–Kier alpha value is -2.27. The SMILES string of the molecule is CNc1ccc(COc2cc(C)ccc2Cl)cc1[N+](=O)[O-]. The predicted molar refractivity (Wildman–Crippen MR) is 83.2 cm³/mol. The molecule has 0 atom stereocenters. The van der Waals surface area contributed by atoms with Gasteiger partial charge in [-0.05, 0) is 36.2 Å². The second-order valence-corrected chi connectivity index (χ2v) is 4.99. The maximum absolute atomic E-state index is 11.0. The highest BCUT2D eigenvalue weighted by Crippen LogP contribution is 2.28. The number of hydrogen-bond donors (Lipinski definition) is 1. The van der Waals surface area contributed by atoms with E-state index in [1.807, 2.05) is 19.1 Å². The summed E-state index contributed by atoms with van der Waals surface area (Å²) in [5.41, 5.74) is 2.23. The van der Waals surface area contributed by atoms with Crippen LogP contribution in [0.2, 0.25) is 5.02 Å². The quantitative estimate of drug-likeness (QED) is 0.665. The molecule has 0 aliphatic heterocycles. The molecule has 5 nitrogen and oxygen atoms in total. The van der Waals surface area contributed by atoms with Crippen molar-refractivity contribution in [2.45, 2.75) is 13.5 Å². The van der Waals surface area contributed by atoms with Gasteiger partial charge in [-0.15, -0.1) is 0 Å². The molecule has 21 heavy (non-hydrogen) atoms. The van der Waals surface area contributed by atoms with Crippen molar-refractivity contribution in [3.63, 3.8) is 0 Å². The van der Waals surface area contributed by atoms with Crippen LogP contribution in [-0.2, 0) is 6.61 Å². The van der Waals surface area contributed by atoms with Crippen LogP contribution in [0.25, 0.3) is 0 Å². The number of nitrogens with one attached hydrogen (secondary N) is 1. The molecule has 6 heteroatoms. The van der Waals surface area contributed by atoms with Crippen LogP contribution in [-0.4, -0.2) is 12.0 Å². The first-order valence-electron chi connectivity index (χ1n) is 6.35. The van der Waals surface area contributed by atoms with Crippen LogP contribution in [0, 0.1) is 17.0 Å². The molecule has 0 aliphatic rings. The molecule has 0 aliphatic carbocycles. The average molecular weight is 307 g/mol. The van der Waals surface area contributed by atoms with E-state index in [0.29, 0.717) is 22.0 Å². The second-order valence-electron chi connectivity index (χ2n) is 4.58. The summed E-state index contributed by atoms with van der Waals surface area (Å²) >= 11 is 6.05. The van der Waals surface area contributed by atoms with Crippen LogP contribution in [0.15, 0.2) is 36.4 Å². The minimum absolute atomic E-state index is 0.0222. The smallest absolute Gasteiger partial charge is 0.292 e. The lowest BCUT2D eigenvalue weighted by molar-refractivity contribution is -0.384. The van der Waals surface area contributed by atoms with Crippen molar-refractivity contribution >= 4 is 23.0 Å². The highest BCUT2D eigenvalue weighted by Gasteiger charge is 2.13. The highest BCUT2D eigenvalue weighted by atomic mass is 35.5.